The smallest absolute Gasteiger partial charge is 0.408 e. The predicted octanol–water partition coefficient (Wildman–Crippen LogP) is 4.54. The molecule has 0 aromatic heterocycles. The number of hydrogen-bond donors (Lipinski definition) is 1. The van der Waals surface area contributed by atoms with E-state index in [0.717, 1.165) is 17.5 Å². The minimum atomic E-state index is -0.737. The van der Waals surface area contributed by atoms with E-state index >= 15 is 0 Å². The molecule has 0 aliphatic carbocycles. The lowest BCUT2D eigenvalue weighted by Crippen LogP contribution is -2.52. The van der Waals surface area contributed by atoms with Crippen molar-refractivity contribution in [3.8, 4) is 0 Å². The number of carbonyl (C=O) groups excluding carboxylic acids is 2. The Bertz CT molecular complexity index is 1080. The monoisotopic (exact) mass is 466 g/mol. The van der Waals surface area contributed by atoms with Crippen LogP contribution in [0.25, 0.3) is 0 Å². The van der Waals surface area contributed by atoms with Gasteiger partial charge in [-0.15, -0.1) is 0 Å². The number of carbonyl (C=O) groups is 2. The lowest BCUT2D eigenvalue weighted by atomic mass is 9.87. The normalized spacial score (nSPS) is 22.6. The second kappa shape index (κ2) is 9.58. The Morgan fingerprint density at radius 2 is 1.85 bits per heavy atom. The van der Waals surface area contributed by atoms with Gasteiger partial charge in [-0.2, -0.15) is 0 Å². The Balaban J connectivity index is 1.56. The average Bonchev–Trinajstić information content (AvgIpc) is 2.79. The molecule has 2 heterocycles. The fourth-order valence-electron chi connectivity index (χ4n) is 4.53. The molecule has 4 rings (SSSR count). The molecule has 0 spiro atoms. The summed E-state index contributed by atoms with van der Waals surface area (Å²) < 4.78 is 24.9. The van der Waals surface area contributed by atoms with Gasteiger partial charge in [0.15, 0.2) is 0 Å². The van der Waals surface area contributed by atoms with Gasteiger partial charge in [0.1, 0.15) is 17.5 Å². The van der Waals surface area contributed by atoms with Crippen LogP contribution in [0.2, 0.25) is 0 Å². The molecule has 2 aliphatic rings. The second-order valence-electron chi connectivity index (χ2n) is 9.83. The fraction of sp³-hybridized carbons (Fsp3) is 0.407. The summed E-state index contributed by atoms with van der Waals surface area (Å²) in [5.41, 5.74) is 3.09. The molecule has 6 nitrogen and oxygen atoms in total. The third-order valence-corrected chi connectivity index (χ3v) is 6.13. The van der Waals surface area contributed by atoms with Crippen LogP contribution in [0.15, 0.2) is 60.7 Å². The van der Waals surface area contributed by atoms with E-state index in [1.165, 1.54) is 17.7 Å². The molecule has 1 saturated heterocycles. The summed E-state index contributed by atoms with van der Waals surface area (Å²) in [5, 5.41) is 2.82. The zero-order valence-corrected chi connectivity index (χ0v) is 19.8. The second-order valence-corrected chi connectivity index (χ2v) is 9.83. The number of nitrogens with one attached hydrogen (secondary N) is 1. The minimum Gasteiger partial charge on any atom is -0.444 e. The molecule has 2 aliphatic heterocycles. The summed E-state index contributed by atoms with van der Waals surface area (Å²) >= 11 is 0. The first-order chi connectivity index (χ1) is 16.1. The molecule has 0 saturated carbocycles. The SMILES string of the molecule is C=C1CO[C@H](C(=O)N2CCc3ccccc3[C@@H]2c2ccc(F)cc2)C[C@@H]1NC(=O)OC(C)(C)C. The number of benzene rings is 2. The molecule has 1 fully saturated rings. The number of fused-ring (bicyclic) bond motifs is 1. The van der Waals surface area contributed by atoms with Crippen molar-refractivity contribution in [3.63, 3.8) is 0 Å². The van der Waals surface area contributed by atoms with Crippen molar-refractivity contribution < 1.29 is 23.5 Å². The zero-order valence-electron chi connectivity index (χ0n) is 19.8. The highest BCUT2D eigenvalue weighted by molar-refractivity contribution is 5.83. The maximum Gasteiger partial charge on any atom is 0.408 e. The fourth-order valence-corrected chi connectivity index (χ4v) is 4.53. The highest BCUT2D eigenvalue weighted by Crippen LogP contribution is 2.36. The first kappa shape index (κ1) is 24.0. The molecule has 0 bridgehead atoms. The van der Waals surface area contributed by atoms with Crippen LogP contribution >= 0.6 is 0 Å². The Labute approximate surface area is 199 Å². The van der Waals surface area contributed by atoms with Crippen molar-refractivity contribution in [2.75, 3.05) is 13.2 Å². The standard InChI is InChI=1S/C27H31FN2O4/c1-17-16-33-23(15-22(17)29-26(32)34-27(2,3)4)25(31)30-14-13-18-7-5-6-8-21(18)24(30)19-9-11-20(28)12-10-19/h5-12,22-24H,1,13-16H2,2-4H3,(H,29,32)/t22-,23-,24-/m0/s1. The summed E-state index contributed by atoms with van der Waals surface area (Å²) in [7, 11) is 0. The van der Waals surface area contributed by atoms with Crippen LogP contribution in [0, 0.1) is 5.82 Å². The van der Waals surface area contributed by atoms with Crippen LogP contribution in [-0.4, -0.2) is 47.8 Å². The lowest BCUT2D eigenvalue weighted by Gasteiger charge is -2.41. The molecule has 0 unspecified atom stereocenters. The van der Waals surface area contributed by atoms with Gasteiger partial charge < -0.3 is 19.7 Å². The molecule has 2 aromatic rings. The summed E-state index contributed by atoms with van der Waals surface area (Å²) in [6.45, 7) is 10.1. The quantitative estimate of drug-likeness (QED) is 0.675. The van der Waals surface area contributed by atoms with Gasteiger partial charge in [0.25, 0.3) is 5.91 Å². The van der Waals surface area contributed by atoms with Crippen LogP contribution in [0.3, 0.4) is 0 Å². The first-order valence-electron chi connectivity index (χ1n) is 11.5. The minimum absolute atomic E-state index is 0.160. The van der Waals surface area contributed by atoms with Crippen LogP contribution in [-0.2, 0) is 20.7 Å². The third-order valence-electron chi connectivity index (χ3n) is 6.13. The van der Waals surface area contributed by atoms with Gasteiger partial charge in [-0.25, -0.2) is 9.18 Å². The first-order valence-corrected chi connectivity index (χ1v) is 11.5. The molecular weight excluding hydrogens is 435 g/mol. The average molecular weight is 467 g/mol. The Kier molecular flexibility index (Phi) is 6.75. The van der Waals surface area contributed by atoms with E-state index in [1.54, 1.807) is 37.8 Å². The maximum atomic E-state index is 13.7. The number of ether oxygens (including phenoxy) is 2. The van der Waals surface area contributed by atoms with E-state index in [2.05, 4.69) is 18.0 Å². The molecule has 1 N–H and O–H groups in total. The van der Waals surface area contributed by atoms with Gasteiger partial charge in [-0.3, -0.25) is 4.79 Å². The van der Waals surface area contributed by atoms with Crippen LogP contribution < -0.4 is 5.32 Å². The number of amides is 2. The summed E-state index contributed by atoms with van der Waals surface area (Å²) in [4.78, 5) is 27.8. The summed E-state index contributed by atoms with van der Waals surface area (Å²) in [5.74, 6) is -0.483. The van der Waals surface area contributed by atoms with Crippen molar-refractivity contribution in [2.45, 2.75) is 57.4 Å². The molecule has 2 aromatic carbocycles. The molecule has 180 valence electrons. The molecular formula is C27H31FN2O4. The molecule has 3 atom stereocenters. The van der Waals surface area contributed by atoms with E-state index < -0.39 is 23.8 Å². The molecule has 2 amide bonds. The third kappa shape index (κ3) is 5.30. The number of hydrogen-bond acceptors (Lipinski definition) is 4. The van der Waals surface area contributed by atoms with Crippen molar-refractivity contribution in [1.29, 1.82) is 0 Å². The van der Waals surface area contributed by atoms with Gasteiger partial charge in [0, 0.05) is 13.0 Å². The van der Waals surface area contributed by atoms with Crippen LogP contribution in [0.5, 0.6) is 0 Å². The van der Waals surface area contributed by atoms with Gasteiger partial charge in [-0.05, 0) is 61.6 Å². The number of alkyl carbamates (subject to hydrolysis) is 1. The lowest BCUT2D eigenvalue weighted by molar-refractivity contribution is -0.147. The van der Waals surface area contributed by atoms with Gasteiger partial charge in [0.05, 0.1) is 18.7 Å². The van der Waals surface area contributed by atoms with E-state index in [0.29, 0.717) is 12.1 Å². The largest absolute Gasteiger partial charge is 0.444 e. The molecule has 7 heteroatoms. The highest BCUT2D eigenvalue weighted by atomic mass is 19.1. The van der Waals surface area contributed by atoms with Crippen molar-refractivity contribution >= 4 is 12.0 Å². The predicted molar refractivity (Wildman–Crippen MR) is 127 cm³/mol. The number of rotatable bonds is 3. The van der Waals surface area contributed by atoms with Crippen molar-refractivity contribution in [3.05, 3.63) is 83.2 Å². The van der Waals surface area contributed by atoms with E-state index in [4.69, 9.17) is 9.47 Å². The van der Waals surface area contributed by atoms with E-state index in [-0.39, 0.29) is 30.8 Å². The maximum absolute atomic E-state index is 13.7. The van der Waals surface area contributed by atoms with Gasteiger partial charge in [0.2, 0.25) is 0 Å². The topological polar surface area (TPSA) is 67.9 Å². The van der Waals surface area contributed by atoms with Crippen LogP contribution in [0.4, 0.5) is 9.18 Å². The zero-order chi connectivity index (χ0) is 24.5. The van der Waals surface area contributed by atoms with Gasteiger partial charge in [-0.1, -0.05) is 43.0 Å². The van der Waals surface area contributed by atoms with Crippen molar-refractivity contribution in [1.82, 2.24) is 10.2 Å². The molecule has 0 radical (unpaired) electrons. The highest BCUT2D eigenvalue weighted by Gasteiger charge is 2.39. The summed E-state index contributed by atoms with van der Waals surface area (Å²) in [6, 6.07) is 13.5. The van der Waals surface area contributed by atoms with Crippen molar-refractivity contribution in [2.24, 2.45) is 0 Å². The Morgan fingerprint density at radius 1 is 1.15 bits per heavy atom. The van der Waals surface area contributed by atoms with Gasteiger partial charge >= 0.3 is 6.09 Å². The van der Waals surface area contributed by atoms with E-state index in [9.17, 15) is 14.0 Å². The number of halogens is 1. The summed E-state index contributed by atoms with van der Waals surface area (Å²) in [6.07, 6.45) is -0.300. The van der Waals surface area contributed by atoms with E-state index in [1.807, 2.05) is 18.2 Å². The van der Waals surface area contributed by atoms with Crippen LogP contribution in [0.1, 0.15) is 49.9 Å². The number of nitrogens with zero attached hydrogens (tertiary/aromatic N) is 1. The molecule has 34 heavy (non-hydrogen) atoms. The Morgan fingerprint density at radius 3 is 2.56 bits per heavy atom. The Hall–Kier alpha value is -3.19.